The van der Waals surface area contributed by atoms with E-state index in [2.05, 4.69) is 14.9 Å². The van der Waals surface area contributed by atoms with E-state index in [4.69, 9.17) is 9.47 Å². The number of benzene rings is 2. The first-order chi connectivity index (χ1) is 16.0. The largest absolute Gasteiger partial charge is 0.495 e. The van der Waals surface area contributed by atoms with Crippen LogP contribution in [0.3, 0.4) is 0 Å². The standard InChI is InChI=1S/C25H23FN4O3/c1-16-14-29(15-27-16)20-8-3-17(11-22(20)32-2)12-23-25-28-24(31)13-21(30(25)9-10-33-23)18-4-6-19(26)7-5-18/h3-8,11-12,14-15,21H,9-10,13H2,1-2H3/b23-12+. The molecule has 0 N–H and O–H groups in total. The van der Waals surface area contributed by atoms with Crippen LogP contribution >= 0.6 is 0 Å². The molecule has 3 aromatic rings. The Morgan fingerprint density at radius 2 is 2.03 bits per heavy atom. The van der Waals surface area contributed by atoms with E-state index in [0.717, 1.165) is 22.5 Å². The summed E-state index contributed by atoms with van der Waals surface area (Å²) in [6.45, 7) is 2.98. The van der Waals surface area contributed by atoms with Crippen molar-refractivity contribution in [1.29, 1.82) is 0 Å². The van der Waals surface area contributed by atoms with E-state index in [1.54, 1.807) is 25.6 Å². The summed E-state index contributed by atoms with van der Waals surface area (Å²) in [6, 6.07) is 11.9. The summed E-state index contributed by atoms with van der Waals surface area (Å²) in [5, 5.41) is 0. The minimum Gasteiger partial charge on any atom is -0.495 e. The van der Waals surface area contributed by atoms with E-state index < -0.39 is 0 Å². The molecule has 2 aliphatic rings. The minimum absolute atomic E-state index is 0.209. The number of aliphatic imine (C=N–C) groups is 1. The fraction of sp³-hybridized carbons (Fsp3) is 0.240. The Hall–Kier alpha value is -3.94. The number of hydrogen-bond donors (Lipinski definition) is 0. The van der Waals surface area contributed by atoms with E-state index in [0.29, 0.717) is 30.5 Å². The molecule has 5 rings (SSSR count). The zero-order chi connectivity index (χ0) is 22.9. The van der Waals surface area contributed by atoms with E-state index in [1.807, 2.05) is 42.0 Å². The smallest absolute Gasteiger partial charge is 0.250 e. The molecule has 168 valence electrons. The lowest BCUT2D eigenvalue weighted by atomic mass is 9.98. The number of carbonyl (C=O) groups excluding carboxylic acids is 1. The number of rotatable bonds is 4. The van der Waals surface area contributed by atoms with Crippen molar-refractivity contribution in [1.82, 2.24) is 14.5 Å². The molecule has 1 atom stereocenters. The average molecular weight is 446 g/mol. The van der Waals surface area contributed by atoms with Gasteiger partial charge in [-0.1, -0.05) is 18.2 Å². The number of aromatic nitrogens is 2. The number of methoxy groups -OCH3 is 1. The molecule has 1 fully saturated rings. The van der Waals surface area contributed by atoms with Crippen molar-refractivity contribution < 1.29 is 18.7 Å². The van der Waals surface area contributed by atoms with Gasteiger partial charge in [0.05, 0.1) is 43.8 Å². The van der Waals surface area contributed by atoms with Crippen molar-refractivity contribution in [2.75, 3.05) is 20.3 Å². The zero-order valence-electron chi connectivity index (χ0n) is 18.4. The molecular weight excluding hydrogens is 423 g/mol. The Bertz CT molecular complexity index is 1260. The first kappa shape index (κ1) is 20.9. The number of amides is 1. The molecule has 3 heterocycles. The third kappa shape index (κ3) is 4.11. The molecule has 0 aliphatic carbocycles. The number of hydrogen-bond acceptors (Lipinski definition) is 5. The Morgan fingerprint density at radius 1 is 1.21 bits per heavy atom. The molecule has 0 bridgehead atoms. The number of carbonyl (C=O) groups is 1. The second-order valence-corrected chi connectivity index (χ2v) is 8.00. The quantitative estimate of drug-likeness (QED) is 0.604. The molecule has 1 unspecified atom stereocenters. The Kier molecular flexibility index (Phi) is 5.42. The number of ether oxygens (including phenoxy) is 2. The number of fused-ring (bicyclic) bond motifs is 1. The maximum absolute atomic E-state index is 13.4. The van der Waals surface area contributed by atoms with Crippen LogP contribution in [-0.2, 0) is 9.53 Å². The van der Waals surface area contributed by atoms with Crippen molar-refractivity contribution in [3.8, 4) is 11.4 Å². The molecule has 0 radical (unpaired) electrons. The molecule has 0 saturated carbocycles. The summed E-state index contributed by atoms with van der Waals surface area (Å²) < 4.78 is 26.8. The van der Waals surface area contributed by atoms with Crippen molar-refractivity contribution >= 4 is 17.8 Å². The summed E-state index contributed by atoms with van der Waals surface area (Å²) in [4.78, 5) is 23.1. The van der Waals surface area contributed by atoms with Gasteiger partial charge in [0.1, 0.15) is 18.2 Å². The predicted molar refractivity (Wildman–Crippen MR) is 122 cm³/mol. The molecule has 1 amide bonds. The van der Waals surface area contributed by atoms with E-state index in [-0.39, 0.29) is 24.2 Å². The number of aryl methyl sites for hydroxylation is 1. The second-order valence-electron chi connectivity index (χ2n) is 8.00. The van der Waals surface area contributed by atoms with Gasteiger partial charge in [0.15, 0.2) is 11.6 Å². The number of nitrogens with zero attached hydrogens (tertiary/aromatic N) is 4. The third-order valence-electron chi connectivity index (χ3n) is 5.80. The van der Waals surface area contributed by atoms with Gasteiger partial charge in [0, 0.05) is 6.20 Å². The number of morpholine rings is 1. The molecular formula is C25H23FN4O3. The van der Waals surface area contributed by atoms with Gasteiger partial charge in [-0.2, -0.15) is 4.99 Å². The van der Waals surface area contributed by atoms with Gasteiger partial charge >= 0.3 is 0 Å². The third-order valence-corrected chi connectivity index (χ3v) is 5.80. The van der Waals surface area contributed by atoms with Crippen molar-refractivity contribution in [3.05, 3.63) is 83.4 Å². The van der Waals surface area contributed by atoms with E-state index in [9.17, 15) is 9.18 Å². The summed E-state index contributed by atoms with van der Waals surface area (Å²) >= 11 is 0. The van der Waals surface area contributed by atoms with E-state index >= 15 is 0 Å². The van der Waals surface area contributed by atoms with Crippen molar-refractivity contribution in [2.24, 2.45) is 4.99 Å². The Morgan fingerprint density at radius 3 is 2.76 bits per heavy atom. The van der Waals surface area contributed by atoms with Crippen LogP contribution in [0, 0.1) is 12.7 Å². The maximum Gasteiger partial charge on any atom is 0.250 e. The van der Waals surface area contributed by atoms with Crippen LogP contribution in [0.25, 0.3) is 11.8 Å². The fourth-order valence-electron chi connectivity index (χ4n) is 4.22. The van der Waals surface area contributed by atoms with E-state index in [1.165, 1.54) is 12.1 Å². The highest BCUT2D eigenvalue weighted by Gasteiger charge is 2.35. The summed E-state index contributed by atoms with van der Waals surface area (Å²) in [6.07, 6.45) is 5.77. The predicted octanol–water partition coefficient (Wildman–Crippen LogP) is 4.07. The topological polar surface area (TPSA) is 69.0 Å². The monoisotopic (exact) mass is 446 g/mol. The van der Waals surface area contributed by atoms with Gasteiger partial charge in [-0.3, -0.25) is 4.79 Å². The SMILES string of the molecule is COc1cc(/C=C2/OCCN3C2=NC(=O)CC3c2ccc(F)cc2)ccc1-n1cnc(C)c1. The maximum atomic E-state index is 13.4. The van der Waals surface area contributed by atoms with Crippen molar-refractivity contribution in [2.45, 2.75) is 19.4 Å². The lowest BCUT2D eigenvalue weighted by molar-refractivity contribution is -0.119. The van der Waals surface area contributed by atoms with Gasteiger partial charge in [0.2, 0.25) is 5.91 Å². The van der Waals surface area contributed by atoms with Gasteiger partial charge < -0.3 is 18.9 Å². The van der Waals surface area contributed by atoms with Gasteiger partial charge in [-0.25, -0.2) is 9.37 Å². The lowest BCUT2D eigenvalue weighted by Gasteiger charge is -2.40. The summed E-state index contributed by atoms with van der Waals surface area (Å²) in [5.41, 5.74) is 3.51. The average Bonchev–Trinajstić information content (AvgIpc) is 3.25. The molecule has 1 aromatic heterocycles. The zero-order valence-corrected chi connectivity index (χ0v) is 18.4. The molecule has 2 aliphatic heterocycles. The Labute approximate surface area is 190 Å². The van der Waals surface area contributed by atoms with Crippen molar-refractivity contribution in [3.63, 3.8) is 0 Å². The van der Waals surface area contributed by atoms with Crippen LogP contribution in [-0.4, -0.2) is 46.5 Å². The highest BCUT2D eigenvalue weighted by Crippen LogP contribution is 2.34. The summed E-state index contributed by atoms with van der Waals surface area (Å²) in [7, 11) is 1.62. The van der Waals surface area contributed by atoms with Gasteiger partial charge in [-0.05, 0) is 48.4 Å². The molecule has 1 saturated heterocycles. The lowest BCUT2D eigenvalue weighted by Crippen LogP contribution is -2.46. The van der Waals surface area contributed by atoms with Crippen LogP contribution in [0.4, 0.5) is 4.39 Å². The van der Waals surface area contributed by atoms with Crippen LogP contribution in [0.1, 0.15) is 29.3 Å². The molecule has 33 heavy (non-hydrogen) atoms. The number of halogens is 1. The number of imidazole rings is 1. The van der Waals surface area contributed by atoms with Gasteiger partial charge in [-0.15, -0.1) is 0 Å². The molecule has 7 nitrogen and oxygen atoms in total. The highest BCUT2D eigenvalue weighted by atomic mass is 19.1. The van der Waals surface area contributed by atoms with Gasteiger partial charge in [0.25, 0.3) is 0 Å². The highest BCUT2D eigenvalue weighted by molar-refractivity contribution is 6.08. The first-order valence-corrected chi connectivity index (χ1v) is 10.7. The van der Waals surface area contributed by atoms with Crippen LogP contribution in [0.2, 0.25) is 0 Å². The number of amidine groups is 1. The van der Waals surface area contributed by atoms with Crippen LogP contribution < -0.4 is 4.74 Å². The molecule has 0 spiro atoms. The second kappa shape index (κ2) is 8.54. The Balaban J connectivity index is 1.48. The molecule has 2 aromatic carbocycles. The normalized spacial score (nSPS) is 19.2. The first-order valence-electron chi connectivity index (χ1n) is 10.7. The van der Waals surface area contributed by atoms with Crippen LogP contribution in [0.5, 0.6) is 5.75 Å². The molecule has 8 heteroatoms. The minimum atomic E-state index is -0.305. The van der Waals surface area contributed by atoms with Crippen LogP contribution in [0.15, 0.2) is 65.7 Å². The fourth-order valence-corrected chi connectivity index (χ4v) is 4.22. The summed E-state index contributed by atoms with van der Waals surface area (Å²) in [5.74, 6) is 1.17.